The molecule has 0 aliphatic carbocycles. The molecule has 9 N–H and O–H groups in total. The summed E-state index contributed by atoms with van der Waals surface area (Å²) in [6.45, 7) is 5.92. The molecule has 5 aromatic carbocycles. The van der Waals surface area contributed by atoms with E-state index in [2.05, 4.69) is 56.6 Å². The second-order valence-corrected chi connectivity index (χ2v) is 16.2. The molecule has 11 rings (SSSR count). The van der Waals surface area contributed by atoms with Gasteiger partial charge in [0.2, 0.25) is 10.6 Å². The first-order chi connectivity index (χ1) is 33.4. The first-order valence-corrected chi connectivity index (χ1v) is 22.5. The van der Waals surface area contributed by atoms with Crippen molar-refractivity contribution in [3.63, 3.8) is 0 Å². The van der Waals surface area contributed by atoms with E-state index in [9.17, 15) is 0 Å². The van der Waals surface area contributed by atoms with Gasteiger partial charge in [-0.25, -0.2) is 15.0 Å². The quantitative estimate of drug-likeness (QED) is 0.0339. The molecule has 6 aromatic heterocycles. The lowest BCUT2D eigenvalue weighted by Gasteiger charge is -2.09. The molecular formula is C51H46BCl3N12O2. The Morgan fingerprint density at radius 2 is 0.855 bits per heavy atom. The van der Waals surface area contributed by atoms with Crippen LogP contribution in [0.3, 0.4) is 0 Å². The van der Waals surface area contributed by atoms with Crippen LogP contribution in [0.2, 0.25) is 15.7 Å². The van der Waals surface area contributed by atoms with Crippen molar-refractivity contribution in [2.75, 3.05) is 16.4 Å². The van der Waals surface area contributed by atoms with Gasteiger partial charge in [0.25, 0.3) is 0 Å². The molecule has 0 saturated carbocycles. The van der Waals surface area contributed by atoms with Gasteiger partial charge in [-0.2, -0.15) is 15.0 Å². The Bertz CT molecular complexity index is 3350. The van der Waals surface area contributed by atoms with Crippen LogP contribution in [-0.2, 0) is 0 Å². The molecule has 0 spiro atoms. The molecule has 0 radical (unpaired) electrons. The largest absolute Gasteiger partial charge is 0.488 e. The van der Waals surface area contributed by atoms with Crippen LogP contribution in [-0.4, -0.2) is 62.0 Å². The van der Waals surface area contributed by atoms with Gasteiger partial charge < -0.3 is 41.4 Å². The van der Waals surface area contributed by atoms with Crippen molar-refractivity contribution in [3.05, 3.63) is 203 Å². The predicted octanol–water partition coefficient (Wildman–Crippen LogP) is 11.5. The predicted molar refractivity (Wildman–Crippen MR) is 283 cm³/mol. The van der Waals surface area contributed by atoms with Crippen molar-refractivity contribution in [2.45, 2.75) is 20.8 Å². The van der Waals surface area contributed by atoms with Crippen LogP contribution < -0.4 is 21.8 Å². The van der Waals surface area contributed by atoms with Crippen LogP contribution >= 0.6 is 34.8 Å². The van der Waals surface area contributed by atoms with Gasteiger partial charge in [-0.05, 0) is 104 Å². The zero-order valence-electron chi connectivity index (χ0n) is 37.5. The Balaban J connectivity index is 0.000000136. The van der Waals surface area contributed by atoms with Crippen LogP contribution in [0.15, 0.2) is 170 Å². The van der Waals surface area contributed by atoms with Crippen LogP contribution in [0.1, 0.15) is 17.1 Å². The standard InChI is InChI=1S/C19H16N4.C13H11ClN4.C7H5Cl2N3.C6H7BO2.C6H7N/c1-13-12-16-18(20-13)22-17(14-8-4-2-5-9-14)23-19(16)21-15-10-6-3-7-11-15;1-8-7-10-11(15-8)17-13(14)18-12(10)16-9-5-3-2-4-6-9;1-3-2-4-5(8)11-7(9)12-6(4)10-3;8-7(9)6-4-2-1-3-5-6;7-6-4-2-1-3-5-6/h2-12H,1H3,(H2,20,21,22,23);2-7H,1H3,(H2,15,16,17,18);2H,1H3,(H,10,11,12);1-5,8-9H;1-5H,7H2. The third-order valence-corrected chi connectivity index (χ3v) is 10.4. The molecular weight excluding hydrogens is 930 g/mol. The molecule has 11 aromatic rings. The number of benzene rings is 5. The topological polar surface area (TPSA) is 215 Å². The number of anilines is 5. The average Bonchev–Trinajstić information content (AvgIpc) is 4.05. The third-order valence-electron chi connectivity index (χ3n) is 9.77. The molecule has 0 saturated heterocycles. The van der Waals surface area contributed by atoms with Crippen molar-refractivity contribution in [1.82, 2.24) is 44.9 Å². The van der Waals surface area contributed by atoms with Crippen molar-refractivity contribution in [3.8, 4) is 11.4 Å². The van der Waals surface area contributed by atoms with Gasteiger partial charge in [0.05, 0.1) is 16.2 Å². The van der Waals surface area contributed by atoms with Gasteiger partial charge in [0.1, 0.15) is 33.7 Å². The van der Waals surface area contributed by atoms with Crippen molar-refractivity contribution < 1.29 is 10.0 Å². The number of para-hydroxylation sites is 3. The minimum atomic E-state index is -1.34. The second kappa shape index (κ2) is 23.8. The highest BCUT2D eigenvalue weighted by Gasteiger charge is 2.13. The first-order valence-electron chi connectivity index (χ1n) is 21.4. The molecule has 0 amide bonds. The number of rotatable bonds is 6. The van der Waals surface area contributed by atoms with Gasteiger partial charge in [-0.15, -0.1) is 0 Å². The molecule has 0 aliphatic heterocycles. The summed E-state index contributed by atoms with van der Waals surface area (Å²) in [4.78, 5) is 35.1. The number of aryl methyl sites for hydroxylation is 3. The zero-order chi connectivity index (χ0) is 48.7. The Kier molecular flexibility index (Phi) is 16.9. The number of hydrogen-bond acceptors (Lipinski definition) is 11. The van der Waals surface area contributed by atoms with Gasteiger partial charge in [-0.1, -0.05) is 127 Å². The van der Waals surface area contributed by atoms with Gasteiger partial charge in [0.15, 0.2) is 5.82 Å². The lowest BCUT2D eigenvalue weighted by atomic mass is 9.81. The lowest BCUT2D eigenvalue weighted by molar-refractivity contribution is 0.426. The summed E-state index contributed by atoms with van der Waals surface area (Å²) in [5.41, 5.74) is 15.0. The Morgan fingerprint density at radius 1 is 0.464 bits per heavy atom. The number of nitrogen functional groups attached to an aromatic ring is 1. The maximum atomic E-state index is 8.58. The van der Waals surface area contributed by atoms with E-state index in [0.717, 1.165) is 73.0 Å². The number of nitrogens with zero attached hydrogens (tertiary/aromatic N) is 6. The lowest BCUT2D eigenvalue weighted by Crippen LogP contribution is -2.29. The third kappa shape index (κ3) is 14.1. The summed E-state index contributed by atoms with van der Waals surface area (Å²) < 4.78 is 0. The number of halogens is 3. The van der Waals surface area contributed by atoms with Crippen LogP contribution in [0.4, 0.5) is 28.7 Å². The van der Waals surface area contributed by atoms with E-state index >= 15 is 0 Å². The number of aromatic nitrogens is 9. The van der Waals surface area contributed by atoms with Crippen molar-refractivity contribution in [1.29, 1.82) is 0 Å². The molecule has 14 nitrogen and oxygen atoms in total. The number of H-pyrrole nitrogens is 3. The van der Waals surface area contributed by atoms with Crippen LogP contribution in [0, 0.1) is 20.8 Å². The minimum Gasteiger partial charge on any atom is -0.423 e. The Hall–Kier alpha value is -7.79. The van der Waals surface area contributed by atoms with Crippen molar-refractivity contribution >= 4 is 109 Å². The van der Waals surface area contributed by atoms with E-state index < -0.39 is 7.12 Å². The fourth-order valence-corrected chi connectivity index (χ4v) is 7.24. The molecule has 0 bridgehead atoms. The molecule has 6 heterocycles. The maximum Gasteiger partial charge on any atom is 0.488 e. The van der Waals surface area contributed by atoms with E-state index in [4.69, 9.17) is 55.6 Å². The van der Waals surface area contributed by atoms with E-state index in [1.165, 1.54) is 0 Å². The van der Waals surface area contributed by atoms with E-state index in [1.807, 2.05) is 160 Å². The molecule has 18 heteroatoms. The number of nitrogens with two attached hydrogens (primary N) is 1. The number of hydrogen-bond donors (Lipinski definition) is 8. The fourth-order valence-electron chi connectivity index (χ4n) is 6.63. The summed E-state index contributed by atoms with van der Waals surface area (Å²) in [5, 5.41) is 27.3. The average molecular weight is 976 g/mol. The minimum absolute atomic E-state index is 0.161. The zero-order valence-corrected chi connectivity index (χ0v) is 39.8. The van der Waals surface area contributed by atoms with Gasteiger partial charge in [0, 0.05) is 39.7 Å². The summed E-state index contributed by atoms with van der Waals surface area (Å²) in [5.74, 6) is 2.23. The molecule has 0 unspecified atom stereocenters. The van der Waals surface area contributed by atoms with E-state index in [-0.39, 0.29) is 10.6 Å². The maximum absolute atomic E-state index is 8.58. The number of aromatic amines is 3. The molecule has 69 heavy (non-hydrogen) atoms. The van der Waals surface area contributed by atoms with E-state index in [1.54, 1.807) is 24.3 Å². The Labute approximate surface area is 413 Å². The smallest absolute Gasteiger partial charge is 0.423 e. The summed E-state index contributed by atoms with van der Waals surface area (Å²) in [6.07, 6.45) is 0. The van der Waals surface area contributed by atoms with Gasteiger partial charge >= 0.3 is 7.12 Å². The monoisotopic (exact) mass is 974 g/mol. The molecule has 346 valence electrons. The second-order valence-electron chi connectivity index (χ2n) is 15.2. The first kappa shape index (κ1) is 49.1. The highest BCUT2D eigenvalue weighted by Crippen LogP contribution is 2.29. The SMILES string of the molecule is Cc1cc2c(Cl)nc(Cl)nc2[nH]1.Cc1cc2c(Nc3ccccc3)nc(-c3ccccc3)nc2[nH]1.Cc1cc2c(Nc3ccccc3)nc(Cl)nc2[nH]1.Nc1ccccc1.OB(O)c1ccccc1. The normalized spacial score (nSPS) is 10.4. The van der Waals surface area contributed by atoms with Gasteiger partial charge in [-0.3, -0.25) is 0 Å². The summed E-state index contributed by atoms with van der Waals surface area (Å²) in [6, 6.07) is 54.0. The summed E-state index contributed by atoms with van der Waals surface area (Å²) in [7, 11) is -1.34. The highest BCUT2D eigenvalue weighted by atomic mass is 35.5. The van der Waals surface area contributed by atoms with Crippen LogP contribution in [0.5, 0.6) is 0 Å². The van der Waals surface area contributed by atoms with Crippen molar-refractivity contribution in [2.24, 2.45) is 0 Å². The van der Waals surface area contributed by atoms with Crippen LogP contribution in [0.25, 0.3) is 44.5 Å². The fraction of sp³-hybridized carbons (Fsp3) is 0.0588. The van der Waals surface area contributed by atoms with E-state index in [0.29, 0.717) is 27.9 Å². The molecule has 0 fully saturated rings. The molecule has 0 atom stereocenters. The number of fused-ring (bicyclic) bond motifs is 3. The number of nitrogens with one attached hydrogen (secondary N) is 5. The highest BCUT2D eigenvalue weighted by molar-refractivity contribution is 6.58. The summed E-state index contributed by atoms with van der Waals surface area (Å²) >= 11 is 17.3. The Morgan fingerprint density at radius 3 is 1.30 bits per heavy atom. The molecule has 0 aliphatic rings.